The van der Waals surface area contributed by atoms with Gasteiger partial charge < -0.3 is 25.0 Å². The van der Waals surface area contributed by atoms with Crippen molar-refractivity contribution in [1.82, 2.24) is 9.80 Å². The fourth-order valence-corrected chi connectivity index (χ4v) is 4.22. The number of benzene rings is 1. The Bertz CT molecular complexity index is 835. The van der Waals surface area contributed by atoms with E-state index in [2.05, 4.69) is 0 Å². The van der Waals surface area contributed by atoms with Crippen molar-refractivity contribution < 1.29 is 28.2 Å². The molecule has 0 saturated carbocycles. The first kappa shape index (κ1) is 23.1. The topological polar surface area (TPSA) is 102 Å². The van der Waals surface area contributed by atoms with Crippen LogP contribution in [-0.2, 0) is 23.9 Å². The van der Waals surface area contributed by atoms with Crippen molar-refractivity contribution in [3.8, 4) is 0 Å². The number of nitrogens with zero attached hydrogens (tertiary/aromatic N) is 2. The molecule has 2 saturated heterocycles. The second-order valence-corrected chi connectivity index (χ2v) is 8.80. The van der Waals surface area contributed by atoms with E-state index in [1.807, 2.05) is 0 Å². The summed E-state index contributed by atoms with van der Waals surface area (Å²) in [7, 11) is 0. The molecule has 8 nitrogen and oxygen atoms in total. The highest BCUT2D eigenvalue weighted by atomic mass is 19.1. The quantitative estimate of drug-likeness (QED) is 0.714. The largest absolute Gasteiger partial charge is 0.458 e. The summed E-state index contributed by atoms with van der Waals surface area (Å²) in [6.07, 6.45) is 0.0375. The summed E-state index contributed by atoms with van der Waals surface area (Å²) in [5.41, 5.74) is 5.03. The van der Waals surface area contributed by atoms with E-state index in [1.165, 1.54) is 23.1 Å². The molecule has 2 heterocycles. The lowest BCUT2D eigenvalue weighted by molar-refractivity contribution is -0.164. The lowest BCUT2D eigenvalue weighted by Gasteiger charge is -2.34. The van der Waals surface area contributed by atoms with Crippen molar-refractivity contribution in [2.45, 2.75) is 44.9 Å². The average molecular weight is 435 g/mol. The number of esters is 1. The van der Waals surface area contributed by atoms with Gasteiger partial charge in [-0.05, 0) is 33.3 Å². The molecule has 0 spiro atoms. The van der Waals surface area contributed by atoms with Gasteiger partial charge in [-0.2, -0.15) is 0 Å². The summed E-state index contributed by atoms with van der Waals surface area (Å²) in [6, 6.07) is 4.00. The number of likely N-dealkylation sites (tertiary alicyclic amines) is 1. The minimum Gasteiger partial charge on any atom is -0.458 e. The number of carbonyl (C=O) groups is 3. The lowest BCUT2D eigenvalue weighted by atomic mass is 9.91. The molecule has 2 fully saturated rings. The molecule has 3 rings (SSSR count). The van der Waals surface area contributed by atoms with Gasteiger partial charge in [0.05, 0.1) is 31.7 Å². The number of hydrogen-bond acceptors (Lipinski definition) is 6. The second-order valence-electron chi connectivity index (χ2n) is 8.80. The van der Waals surface area contributed by atoms with Crippen LogP contribution in [0, 0.1) is 11.7 Å². The van der Waals surface area contributed by atoms with Gasteiger partial charge in [0.2, 0.25) is 11.8 Å². The maximum Gasteiger partial charge on any atom is 0.329 e. The van der Waals surface area contributed by atoms with Crippen LogP contribution in [0.25, 0.3) is 0 Å². The summed E-state index contributed by atoms with van der Waals surface area (Å²) >= 11 is 0. The summed E-state index contributed by atoms with van der Waals surface area (Å²) < 4.78 is 25.7. The van der Waals surface area contributed by atoms with Crippen molar-refractivity contribution in [1.29, 1.82) is 0 Å². The first-order valence-electron chi connectivity index (χ1n) is 10.5. The van der Waals surface area contributed by atoms with E-state index < -0.39 is 41.3 Å². The highest BCUT2D eigenvalue weighted by Crippen LogP contribution is 2.43. The molecule has 1 aromatic rings. The van der Waals surface area contributed by atoms with Crippen LogP contribution in [0.15, 0.2) is 24.3 Å². The first-order chi connectivity index (χ1) is 14.6. The van der Waals surface area contributed by atoms with Crippen LogP contribution < -0.4 is 5.73 Å². The lowest BCUT2D eigenvalue weighted by Crippen LogP contribution is -2.48. The van der Waals surface area contributed by atoms with Crippen LogP contribution in [0.1, 0.15) is 38.8 Å². The average Bonchev–Trinajstić information content (AvgIpc) is 3.13. The minimum atomic E-state index is -1.03. The number of halogens is 1. The fourth-order valence-electron chi connectivity index (χ4n) is 4.22. The van der Waals surface area contributed by atoms with Crippen LogP contribution >= 0.6 is 0 Å². The zero-order valence-corrected chi connectivity index (χ0v) is 18.2. The van der Waals surface area contributed by atoms with Crippen LogP contribution in [0.4, 0.5) is 4.39 Å². The zero-order chi connectivity index (χ0) is 22.8. The summed E-state index contributed by atoms with van der Waals surface area (Å²) in [5, 5.41) is 0. The molecule has 9 heteroatoms. The van der Waals surface area contributed by atoms with Gasteiger partial charge in [0.25, 0.3) is 0 Å². The maximum atomic E-state index is 14.8. The zero-order valence-electron chi connectivity index (χ0n) is 18.2. The highest BCUT2D eigenvalue weighted by molar-refractivity contribution is 5.90. The molecule has 0 bridgehead atoms. The Morgan fingerprint density at radius 1 is 1.19 bits per heavy atom. The van der Waals surface area contributed by atoms with Gasteiger partial charge in [-0.3, -0.25) is 9.59 Å². The van der Waals surface area contributed by atoms with E-state index in [-0.39, 0.29) is 24.4 Å². The molecule has 0 radical (unpaired) electrons. The Hall–Kier alpha value is -2.52. The Kier molecular flexibility index (Phi) is 6.96. The number of hydrogen-bond donors (Lipinski definition) is 1. The molecule has 31 heavy (non-hydrogen) atoms. The number of ether oxygens (including phenoxy) is 2. The molecule has 0 aromatic heterocycles. The Morgan fingerprint density at radius 3 is 2.42 bits per heavy atom. The second kappa shape index (κ2) is 9.32. The van der Waals surface area contributed by atoms with Crippen LogP contribution in [0.2, 0.25) is 0 Å². The van der Waals surface area contributed by atoms with Crippen LogP contribution in [0.3, 0.4) is 0 Å². The van der Waals surface area contributed by atoms with Crippen molar-refractivity contribution in [2.75, 3.05) is 32.8 Å². The smallest absolute Gasteiger partial charge is 0.329 e. The van der Waals surface area contributed by atoms with Gasteiger partial charge in [-0.15, -0.1) is 0 Å². The van der Waals surface area contributed by atoms with Crippen LogP contribution in [0.5, 0.6) is 0 Å². The number of amides is 2. The molecular weight excluding hydrogens is 405 g/mol. The van der Waals surface area contributed by atoms with Gasteiger partial charge in [0.1, 0.15) is 17.5 Å². The van der Waals surface area contributed by atoms with Crippen molar-refractivity contribution in [2.24, 2.45) is 11.7 Å². The predicted octanol–water partition coefficient (Wildman–Crippen LogP) is 1.24. The molecule has 1 aromatic carbocycles. The van der Waals surface area contributed by atoms with Gasteiger partial charge in [-0.25, -0.2) is 9.18 Å². The molecule has 0 aliphatic carbocycles. The first-order valence-corrected chi connectivity index (χ1v) is 10.5. The SMILES string of the molecule is CC(C)(C)OC(=O)C1CC(C(=O)N2CCOCC2)C(c2ccccc2F)N1C(=O)CN. The fraction of sp³-hybridized carbons (Fsp3) is 0.591. The number of carbonyl (C=O) groups excluding carboxylic acids is 3. The predicted molar refractivity (Wildman–Crippen MR) is 110 cm³/mol. The Balaban J connectivity index is 2.04. The van der Waals surface area contributed by atoms with E-state index in [0.717, 1.165) is 0 Å². The van der Waals surface area contributed by atoms with Gasteiger partial charge in [0.15, 0.2) is 0 Å². The molecular formula is C22H30FN3O5. The molecule has 3 atom stereocenters. The maximum absolute atomic E-state index is 14.8. The number of nitrogens with two attached hydrogens (primary N) is 1. The van der Waals surface area contributed by atoms with Crippen LogP contribution in [-0.4, -0.2) is 72.1 Å². The van der Waals surface area contributed by atoms with Crippen molar-refractivity contribution >= 4 is 17.8 Å². The Morgan fingerprint density at radius 2 is 1.84 bits per heavy atom. The van der Waals surface area contributed by atoms with Crippen molar-refractivity contribution in [3.63, 3.8) is 0 Å². The third kappa shape index (κ3) is 5.04. The van der Waals surface area contributed by atoms with E-state index >= 15 is 0 Å². The van der Waals surface area contributed by atoms with E-state index in [9.17, 15) is 18.8 Å². The molecule has 2 amide bonds. The number of morpholine rings is 1. The monoisotopic (exact) mass is 435 g/mol. The van der Waals surface area contributed by atoms with E-state index in [1.54, 1.807) is 31.7 Å². The van der Waals surface area contributed by atoms with Gasteiger partial charge in [-0.1, -0.05) is 18.2 Å². The molecule has 2 aliphatic heterocycles. The van der Waals surface area contributed by atoms with Gasteiger partial charge in [0, 0.05) is 18.7 Å². The highest BCUT2D eigenvalue weighted by Gasteiger charge is 2.52. The minimum absolute atomic E-state index is 0.0375. The number of rotatable bonds is 4. The van der Waals surface area contributed by atoms with E-state index in [4.69, 9.17) is 15.2 Å². The third-order valence-electron chi connectivity index (χ3n) is 5.50. The molecule has 3 unspecified atom stereocenters. The molecule has 170 valence electrons. The molecule has 2 aliphatic rings. The summed E-state index contributed by atoms with van der Waals surface area (Å²) in [5.74, 6) is -2.76. The third-order valence-corrected chi connectivity index (χ3v) is 5.50. The van der Waals surface area contributed by atoms with E-state index in [0.29, 0.717) is 26.3 Å². The normalized spacial score (nSPS) is 24.2. The Labute approximate surface area is 181 Å². The standard InChI is InChI=1S/C22H30FN3O5/c1-22(2,3)31-21(29)17-12-15(20(28)25-8-10-30-11-9-25)19(26(17)18(27)13-24)14-6-4-5-7-16(14)23/h4-7,15,17,19H,8-13,24H2,1-3H3. The van der Waals surface area contributed by atoms with Crippen molar-refractivity contribution in [3.05, 3.63) is 35.6 Å². The summed E-state index contributed by atoms with van der Waals surface area (Å²) in [4.78, 5) is 42.2. The van der Waals surface area contributed by atoms with Gasteiger partial charge >= 0.3 is 5.97 Å². The molecule has 2 N–H and O–H groups in total. The summed E-state index contributed by atoms with van der Waals surface area (Å²) in [6.45, 7) is 6.41.